The fraction of sp³-hybridized carbons (Fsp3) is 0.474. The number of piperidine rings is 1. The maximum atomic E-state index is 14.5. The Morgan fingerprint density at radius 3 is 2.23 bits per heavy atom. The summed E-state index contributed by atoms with van der Waals surface area (Å²) in [5, 5.41) is 25.3. The van der Waals surface area contributed by atoms with Crippen LogP contribution in [-0.2, 0) is 32.1 Å². The monoisotopic (exact) mass is 731 g/mol. The van der Waals surface area contributed by atoms with Crippen LogP contribution in [0.3, 0.4) is 0 Å². The third-order valence-corrected chi connectivity index (χ3v) is 9.46. The summed E-state index contributed by atoms with van der Waals surface area (Å²) in [4.78, 5) is 69.6. The van der Waals surface area contributed by atoms with E-state index in [1.807, 2.05) is 32.9 Å². The second kappa shape index (κ2) is 17.4. The molecule has 53 heavy (non-hydrogen) atoms. The number of hydrogen-bond donors (Lipinski definition) is 5. The Balaban J connectivity index is 1.46. The Bertz CT molecular complexity index is 1750. The highest BCUT2D eigenvalue weighted by molar-refractivity contribution is 5.96. The lowest BCUT2D eigenvalue weighted by Crippen LogP contribution is -2.62. The molecule has 15 heteroatoms. The lowest BCUT2D eigenvalue weighted by molar-refractivity contribution is -0.144. The van der Waals surface area contributed by atoms with Crippen molar-refractivity contribution < 1.29 is 38.6 Å². The molecule has 2 aromatic carbocycles. The molecule has 1 aromatic heterocycles. The predicted octanol–water partition coefficient (Wildman–Crippen LogP) is 1.30. The number of aryl methyl sites for hydroxylation is 1. The summed E-state index contributed by atoms with van der Waals surface area (Å²) in [5.41, 5.74) is 0.533. The topological polar surface area (TPSA) is 193 Å². The number of hydrogen-bond acceptors (Lipinski definition) is 9. The van der Waals surface area contributed by atoms with E-state index >= 15 is 0 Å². The van der Waals surface area contributed by atoms with Gasteiger partial charge in [0, 0.05) is 38.9 Å². The lowest BCUT2D eigenvalue weighted by atomic mass is 9.88. The van der Waals surface area contributed by atoms with Crippen LogP contribution in [0, 0.1) is 0 Å². The molecule has 1 spiro atoms. The van der Waals surface area contributed by atoms with Crippen molar-refractivity contribution >= 4 is 29.5 Å². The second-order valence-electron chi connectivity index (χ2n) is 13.6. The summed E-state index contributed by atoms with van der Waals surface area (Å²) in [6, 6.07) is 14.0. The van der Waals surface area contributed by atoms with E-state index in [0.717, 1.165) is 11.3 Å². The first-order valence-electron chi connectivity index (χ1n) is 18.1. The molecule has 0 aliphatic carbocycles. The molecule has 3 aromatic rings. The molecule has 6 rings (SSSR count). The highest BCUT2D eigenvalue weighted by Gasteiger charge is 2.46. The van der Waals surface area contributed by atoms with Crippen molar-refractivity contribution in [1.82, 2.24) is 35.9 Å². The number of nitrogens with one attached hydrogen (secondary N) is 4. The average Bonchev–Trinajstić information content (AvgIpc) is 3.61. The molecule has 4 heterocycles. The molecule has 3 aliphatic rings. The number of carbonyl (C=O) groups excluding carboxylic acids is 5. The van der Waals surface area contributed by atoms with Crippen molar-refractivity contribution in [1.29, 1.82) is 0 Å². The van der Waals surface area contributed by atoms with Crippen LogP contribution in [-0.4, -0.2) is 106 Å². The molecule has 1 saturated heterocycles. The number of benzene rings is 2. The molecule has 15 nitrogen and oxygen atoms in total. The summed E-state index contributed by atoms with van der Waals surface area (Å²) >= 11 is 0. The SMILES string of the molecule is CCn1nc(C(C)C)cc1C(=O)N1CCC2(CC1)Oc1ccc(cc1)OCCNC(=O)[C@H](C)NC(=O)[C@H](CO)NC(=O)[C@@H](Cc1ccccc1)NC2=O. The number of carbonyl (C=O) groups is 5. The molecule has 284 valence electrons. The van der Waals surface area contributed by atoms with E-state index < -0.39 is 54.0 Å². The quantitative estimate of drug-likeness (QED) is 0.233. The van der Waals surface area contributed by atoms with Gasteiger partial charge in [-0.05, 0) is 55.7 Å². The lowest BCUT2D eigenvalue weighted by Gasteiger charge is -2.41. The predicted molar refractivity (Wildman–Crippen MR) is 194 cm³/mol. The molecule has 2 bridgehead atoms. The summed E-state index contributed by atoms with van der Waals surface area (Å²) in [5.74, 6) is -1.74. The van der Waals surface area contributed by atoms with E-state index in [1.54, 1.807) is 58.1 Å². The highest BCUT2D eigenvalue weighted by Crippen LogP contribution is 2.32. The third-order valence-electron chi connectivity index (χ3n) is 9.46. The zero-order chi connectivity index (χ0) is 38.1. The van der Waals surface area contributed by atoms with Gasteiger partial charge < -0.3 is 40.7 Å². The van der Waals surface area contributed by atoms with Gasteiger partial charge >= 0.3 is 0 Å². The Hall–Kier alpha value is -5.44. The number of aliphatic hydroxyl groups excluding tert-OH is 1. The van der Waals surface area contributed by atoms with Crippen LogP contribution < -0.4 is 30.7 Å². The van der Waals surface area contributed by atoms with Crippen molar-refractivity contribution in [3.63, 3.8) is 0 Å². The summed E-state index contributed by atoms with van der Waals surface area (Å²) in [6.45, 7) is 7.86. The summed E-state index contributed by atoms with van der Waals surface area (Å²) < 4.78 is 14.0. The van der Waals surface area contributed by atoms with E-state index in [4.69, 9.17) is 9.47 Å². The van der Waals surface area contributed by atoms with E-state index in [9.17, 15) is 29.1 Å². The summed E-state index contributed by atoms with van der Waals surface area (Å²) in [6.07, 6.45) is 0.279. The van der Waals surface area contributed by atoms with Crippen LogP contribution in [0.4, 0.5) is 0 Å². The van der Waals surface area contributed by atoms with Crippen molar-refractivity contribution in [2.24, 2.45) is 0 Å². The first kappa shape index (κ1) is 38.8. The normalized spacial score (nSPS) is 21.5. The maximum absolute atomic E-state index is 14.5. The molecular formula is C38H49N7O8. The Kier molecular flexibility index (Phi) is 12.7. The zero-order valence-corrected chi connectivity index (χ0v) is 30.6. The number of ether oxygens (including phenoxy) is 2. The molecule has 0 unspecified atom stereocenters. The molecule has 0 radical (unpaired) electrons. The first-order valence-corrected chi connectivity index (χ1v) is 18.1. The molecule has 3 aliphatic heterocycles. The Morgan fingerprint density at radius 2 is 1.58 bits per heavy atom. The zero-order valence-electron chi connectivity index (χ0n) is 30.6. The van der Waals surface area contributed by atoms with E-state index in [0.29, 0.717) is 23.7 Å². The van der Waals surface area contributed by atoms with Crippen LogP contribution in [0.25, 0.3) is 0 Å². The van der Waals surface area contributed by atoms with Crippen LogP contribution in [0.5, 0.6) is 11.5 Å². The molecule has 5 N–H and O–H groups in total. The molecular weight excluding hydrogens is 682 g/mol. The molecule has 3 atom stereocenters. The van der Waals surface area contributed by atoms with E-state index in [2.05, 4.69) is 26.4 Å². The standard InChI is InChI=1S/C38H49N7O8/c1-5-45-32(22-29(43-45)24(2)3)36(50)44-18-15-38(16-19-44)37(51)42-30(21-26-9-7-6-8-10-26)34(48)41-31(23-46)35(49)40-25(4)33(47)39-17-20-52-27-11-13-28(53-38)14-12-27/h6-14,22,24-25,30-31,46H,5,15-21,23H2,1-4H3,(H,39,47)(H,40,49)(H,41,48)(H,42,51)/t25-,30+,31-/m0/s1. The highest BCUT2D eigenvalue weighted by atomic mass is 16.5. The van der Waals surface area contributed by atoms with Crippen LogP contribution in [0.15, 0.2) is 60.7 Å². The number of amides is 5. The van der Waals surface area contributed by atoms with Gasteiger partial charge in [0.05, 0.1) is 18.8 Å². The van der Waals surface area contributed by atoms with Crippen molar-refractivity contribution in [2.45, 2.75) is 83.1 Å². The van der Waals surface area contributed by atoms with Gasteiger partial charge in [0.15, 0.2) is 5.60 Å². The van der Waals surface area contributed by atoms with E-state index in [1.165, 1.54) is 6.92 Å². The van der Waals surface area contributed by atoms with E-state index in [-0.39, 0.29) is 57.3 Å². The number of aromatic nitrogens is 2. The van der Waals surface area contributed by atoms with Crippen molar-refractivity contribution in [3.8, 4) is 11.5 Å². The van der Waals surface area contributed by atoms with Crippen molar-refractivity contribution in [2.75, 3.05) is 32.8 Å². The minimum Gasteiger partial charge on any atom is -0.492 e. The second-order valence-corrected chi connectivity index (χ2v) is 13.6. The smallest absolute Gasteiger partial charge is 0.272 e. The molecule has 0 saturated carbocycles. The number of likely N-dealkylation sites (tertiary alicyclic amines) is 1. The van der Waals surface area contributed by atoms with Gasteiger partial charge in [0.1, 0.15) is 41.9 Å². The van der Waals surface area contributed by atoms with Gasteiger partial charge in [-0.2, -0.15) is 5.10 Å². The Morgan fingerprint density at radius 1 is 0.925 bits per heavy atom. The fourth-order valence-corrected chi connectivity index (χ4v) is 6.26. The fourth-order valence-electron chi connectivity index (χ4n) is 6.26. The van der Waals surface area contributed by atoms with Gasteiger partial charge in [-0.3, -0.25) is 28.7 Å². The van der Waals surface area contributed by atoms with Gasteiger partial charge in [-0.1, -0.05) is 44.2 Å². The number of nitrogens with zero attached hydrogens (tertiary/aromatic N) is 3. The average molecular weight is 732 g/mol. The summed E-state index contributed by atoms with van der Waals surface area (Å²) in [7, 11) is 0. The van der Waals surface area contributed by atoms with Crippen LogP contribution >= 0.6 is 0 Å². The maximum Gasteiger partial charge on any atom is 0.272 e. The third kappa shape index (κ3) is 9.52. The van der Waals surface area contributed by atoms with Gasteiger partial charge in [-0.15, -0.1) is 0 Å². The molecule has 5 amide bonds. The van der Waals surface area contributed by atoms with Crippen LogP contribution in [0.2, 0.25) is 0 Å². The van der Waals surface area contributed by atoms with Crippen molar-refractivity contribution in [3.05, 3.63) is 77.6 Å². The van der Waals surface area contributed by atoms with Gasteiger partial charge in [-0.25, -0.2) is 0 Å². The minimum atomic E-state index is -1.49. The largest absolute Gasteiger partial charge is 0.492 e. The first-order chi connectivity index (χ1) is 25.4. The minimum absolute atomic E-state index is 0.0584. The van der Waals surface area contributed by atoms with Crippen LogP contribution in [0.1, 0.15) is 68.2 Å². The number of aliphatic hydroxyl groups is 1. The Labute approximate surface area is 308 Å². The van der Waals surface area contributed by atoms with Gasteiger partial charge in [0.2, 0.25) is 17.7 Å². The molecule has 1 fully saturated rings. The number of rotatable bonds is 6. The number of fused-ring (bicyclic) bond motifs is 15. The van der Waals surface area contributed by atoms with Gasteiger partial charge in [0.25, 0.3) is 11.8 Å².